The third kappa shape index (κ3) is 4.98. The van der Waals surface area contributed by atoms with Gasteiger partial charge in [0.15, 0.2) is 0 Å². The molecule has 0 unspecified atom stereocenters. The molecule has 1 aliphatic rings. The van der Waals surface area contributed by atoms with Crippen molar-refractivity contribution in [3.05, 3.63) is 48.0 Å². The maximum atomic E-state index is 12.6. The number of fused-ring (bicyclic) bond motifs is 1. The van der Waals surface area contributed by atoms with Gasteiger partial charge in [-0.3, -0.25) is 9.59 Å². The zero-order valence-electron chi connectivity index (χ0n) is 17.0. The molecule has 3 rings (SSSR count). The summed E-state index contributed by atoms with van der Waals surface area (Å²) in [5, 5.41) is 2.71. The van der Waals surface area contributed by atoms with Gasteiger partial charge in [-0.05, 0) is 54.4 Å². The molecule has 160 valence electrons. The number of hydrogen-bond acceptors (Lipinski definition) is 5. The van der Waals surface area contributed by atoms with Gasteiger partial charge in [0.25, 0.3) is 0 Å². The van der Waals surface area contributed by atoms with E-state index >= 15 is 0 Å². The maximum absolute atomic E-state index is 12.6. The number of methoxy groups -OCH3 is 1. The zero-order chi connectivity index (χ0) is 21.7. The fraction of sp³-hybridized carbons (Fsp3) is 0.333. The molecule has 0 saturated carbocycles. The number of hydrogen-bond donors (Lipinski definition) is 2. The summed E-state index contributed by atoms with van der Waals surface area (Å²) in [6, 6.07) is 11.6. The Morgan fingerprint density at radius 2 is 1.87 bits per heavy atom. The van der Waals surface area contributed by atoms with Crippen molar-refractivity contribution in [1.82, 2.24) is 4.72 Å². The highest BCUT2D eigenvalue weighted by atomic mass is 32.2. The van der Waals surface area contributed by atoms with E-state index in [-0.39, 0.29) is 29.7 Å². The van der Waals surface area contributed by atoms with E-state index in [0.717, 1.165) is 11.3 Å². The smallest absolute Gasteiger partial charge is 0.240 e. The van der Waals surface area contributed by atoms with Gasteiger partial charge in [0, 0.05) is 37.3 Å². The molecule has 2 amide bonds. The van der Waals surface area contributed by atoms with Crippen LogP contribution in [0.25, 0.3) is 0 Å². The second kappa shape index (κ2) is 9.27. The number of rotatable bonds is 8. The first-order valence-corrected chi connectivity index (χ1v) is 11.2. The van der Waals surface area contributed by atoms with Gasteiger partial charge in [0.2, 0.25) is 21.8 Å². The topological polar surface area (TPSA) is 105 Å². The normalized spacial score (nSPS) is 13.1. The van der Waals surface area contributed by atoms with Crippen LogP contribution in [0.15, 0.2) is 47.4 Å². The minimum Gasteiger partial charge on any atom is -0.497 e. The van der Waals surface area contributed by atoms with Gasteiger partial charge in [0.05, 0.1) is 12.0 Å². The standard InChI is InChI=1S/C21H25N3O5S/c1-3-21(26)24-13-11-15-14-18(8-9-19(15)24)30(27,28)22-12-10-20(25)23-16-4-6-17(29-2)7-5-16/h4-9,14,22H,3,10-13H2,1-2H3,(H,23,25). The van der Waals surface area contributed by atoms with Crippen LogP contribution in [0.5, 0.6) is 5.75 Å². The molecule has 1 aliphatic heterocycles. The first kappa shape index (κ1) is 21.8. The molecule has 0 aliphatic carbocycles. The van der Waals surface area contributed by atoms with Crippen molar-refractivity contribution in [1.29, 1.82) is 0 Å². The van der Waals surface area contributed by atoms with Crippen LogP contribution < -0.4 is 19.7 Å². The van der Waals surface area contributed by atoms with Crippen molar-refractivity contribution in [2.24, 2.45) is 0 Å². The molecule has 0 atom stereocenters. The number of sulfonamides is 1. The molecule has 1 heterocycles. The van der Waals surface area contributed by atoms with E-state index in [4.69, 9.17) is 4.74 Å². The number of carbonyl (C=O) groups excluding carboxylic acids is 2. The lowest BCUT2D eigenvalue weighted by Crippen LogP contribution is -2.28. The van der Waals surface area contributed by atoms with E-state index in [0.29, 0.717) is 30.8 Å². The van der Waals surface area contributed by atoms with Gasteiger partial charge in [-0.15, -0.1) is 0 Å². The van der Waals surface area contributed by atoms with Gasteiger partial charge in [-0.25, -0.2) is 13.1 Å². The fourth-order valence-corrected chi connectivity index (χ4v) is 4.36. The van der Waals surface area contributed by atoms with E-state index < -0.39 is 10.0 Å². The van der Waals surface area contributed by atoms with Gasteiger partial charge in [-0.1, -0.05) is 6.92 Å². The minimum absolute atomic E-state index is 0.00498. The number of nitrogens with one attached hydrogen (secondary N) is 2. The Labute approximate surface area is 176 Å². The van der Waals surface area contributed by atoms with Crippen molar-refractivity contribution in [3.8, 4) is 5.75 Å². The first-order chi connectivity index (χ1) is 14.3. The first-order valence-electron chi connectivity index (χ1n) is 9.71. The Morgan fingerprint density at radius 3 is 2.53 bits per heavy atom. The second-order valence-electron chi connectivity index (χ2n) is 6.86. The van der Waals surface area contributed by atoms with E-state index in [1.165, 1.54) is 6.07 Å². The fourth-order valence-electron chi connectivity index (χ4n) is 3.28. The largest absolute Gasteiger partial charge is 0.497 e. The molecule has 2 aromatic rings. The predicted molar refractivity (Wildman–Crippen MR) is 114 cm³/mol. The molecular weight excluding hydrogens is 406 g/mol. The van der Waals surface area contributed by atoms with Gasteiger partial charge in [0.1, 0.15) is 5.75 Å². The summed E-state index contributed by atoms with van der Waals surface area (Å²) in [5.41, 5.74) is 2.20. The molecule has 0 radical (unpaired) electrons. The van der Waals surface area contributed by atoms with Crippen LogP contribution in [0, 0.1) is 0 Å². The average Bonchev–Trinajstić information content (AvgIpc) is 3.17. The van der Waals surface area contributed by atoms with Crippen LogP contribution in [0.3, 0.4) is 0 Å². The van der Waals surface area contributed by atoms with Crippen molar-refractivity contribution in [3.63, 3.8) is 0 Å². The van der Waals surface area contributed by atoms with Crippen molar-refractivity contribution in [2.45, 2.75) is 31.1 Å². The molecule has 0 aromatic heterocycles. The second-order valence-corrected chi connectivity index (χ2v) is 8.63. The molecular formula is C21H25N3O5S. The molecule has 0 saturated heterocycles. The minimum atomic E-state index is -3.75. The summed E-state index contributed by atoms with van der Waals surface area (Å²) in [6.45, 7) is 2.33. The van der Waals surface area contributed by atoms with E-state index in [1.54, 1.807) is 55.3 Å². The number of ether oxygens (including phenoxy) is 1. The Bertz CT molecular complexity index is 1040. The average molecular weight is 432 g/mol. The predicted octanol–water partition coefficient (Wildman–Crippen LogP) is 2.30. The number of carbonyl (C=O) groups is 2. The monoisotopic (exact) mass is 431 g/mol. The third-order valence-electron chi connectivity index (χ3n) is 4.88. The van der Waals surface area contributed by atoms with E-state index in [2.05, 4.69) is 10.0 Å². The van der Waals surface area contributed by atoms with Crippen LogP contribution in [0.1, 0.15) is 25.3 Å². The molecule has 0 fully saturated rings. The van der Waals surface area contributed by atoms with Crippen molar-refractivity contribution < 1.29 is 22.7 Å². The van der Waals surface area contributed by atoms with Crippen LogP contribution in [-0.2, 0) is 26.0 Å². The van der Waals surface area contributed by atoms with Gasteiger partial charge < -0.3 is 15.0 Å². The Morgan fingerprint density at radius 1 is 1.13 bits per heavy atom. The summed E-state index contributed by atoms with van der Waals surface area (Å²) in [6.07, 6.45) is 1.02. The van der Waals surface area contributed by atoms with E-state index in [9.17, 15) is 18.0 Å². The number of nitrogens with zero attached hydrogens (tertiary/aromatic N) is 1. The summed E-state index contributed by atoms with van der Waals surface area (Å²) in [4.78, 5) is 25.8. The lowest BCUT2D eigenvalue weighted by atomic mass is 10.2. The molecule has 0 bridgehead atoms. The number of amides is 2. The zero-order valence-corrected chi connectivity index (χ0v) is 17.8. The molecule has 8 nitrogen and oxygen atoms in total. The van der Waals surface area contributed by atoms with Gasteiger partial charge in [-0.2, -0.15) is 0 Å². The third-order valence-corrected chi connectivity index (χ3v) is 6.34. The van der Waals surface area contributed by atoms with Crippen molar-refractivity contribution in [2.75, 3.05) is 30.4 Å². The summed E-state index contributed by atoms with van der Waals surface area (Å²) >= 11 is 0. The molecule has 9 heteroatoms. The maximum Gasteiger partial charge on any atom is 0.240 e. The van der Waals surface area contributed by atoms with Crippen LogP contribution in [-0.4, -0.2) is 40.4 Å². The summed E-state index contributed by atoms with van der Waals surface area (Å²) in [5.74, 6) is 0.396. The summed E-state index contributed by atoms with van der Waals surface area (Å²) < 4.78 is 32.7. The van der Waals surface area contributed by atoms with E-state index in [1.807, 2.05) is 0 Å². The SMILES string of the molecule is CCC(=O)N1CCc2cc(S(=O)(=O)NCCC(=O)Nc3ccc(OC)cc3)ccc21. The summed E-state index contributed by atoms with van der Waals surface area (Å²) in [7, 11) is -2.20. The Hall–Kier alpha value is -2.91. The number of benzene rings is 2. The lowest BCUT2D eigenvalue weighted by Gasteiger charge is -2.16. The Balaban J connectivity index is 1.56. The highest BCUT2D eigenvalue weighted by Crippen LogP contribution is 2.30. The molecule has 30 heavy (non-hydrogen) atoms. The highest BCUT2D eigenvalue weighted by molar-refractivity contribution is 7.89. The van der Waals surface area contributed by atoms with Crippen LogP contribution in [0.2, 0.25) is 0 Å². The van der Waals surface area contributed by atoms with Gasteiger partial charge >= 0.3 is 0 Å². The lowest BCUT2D eigenvalue weighted by molar-refractivity contribution is -0.118. The molecule has 0 spiro atoms. The number of anilines is 2. The van der Waals surface area contributed by atoms with Crippen molar-refractivity contribution >= 4 is 33.2 Å². The highest BCUT2D eigenvalue weighted by Gasteiger charge is 2.25. The molecule has 2 aromatic carbocycles. The Kier molecular flexibility index (Phi) is 6.73. The quantitative estimate of drug-likeness (QED) is 0.667. The molecule has 2 N–H and O–H groups in total. The van der Waals surface area contributed by atoms with Crippen LogP contribution >= 0.6 is 0 Å². The van der Waals surface area contributed by atoms with Crippen LogP contribution in [0.4, 0.5) is 11.4 Å².